The summed E-state index contributed by atoms with van der Waals surface area (Å²) in [4.78, 5) is 0.552. The van der Waals surface area contributed by atoms with Crippen LogP contribution in [0.3, 0.4) is 0 Å². The SMILES string of the molecule is Cc1ccsc1CNS(=O)(=O)c1ccc(CN)cc1F. The van der Waals surface area contributed by atoms with Gasteiger partial charge in [0, 0.05) is 18.0 Å². The molecule has 0 atom stereocenters. The fourth-order valence-electron chi connectivity index (χ4n) is 1.71. The van der Waals surface area contributed by atoms with E-state index in [-0.39, 0.29) is 18.0 Å². The second kappa shape index (κ2) is 6.01. The fourth-order valence-corrected chi connectivity index (χ4v) is 3.70. The average Bonchev–Trinajstić information content (AvgIpc) is 2.81. The number of hydrogen-bond acceptors (Lipinski definition) is 4. The second-order valence-corrected chi connectivity index (χ2v) is 7.06. The molecule has 0 spiro atoms. The first-order valence-corrected chi connectivity index (χ1v) is 8.31. The molecule has 1 heterocycles. The molecule has 20 heavy (non-hydrogen) atoms. The normalized spacial score (nSPS) is 11.8. The number of benzene rings is 1. The highest BCUT2D eigenvalue weighted by molar-refractivity contribution is 7.89. The van der Waals surface area contributed by atoms with Crippen molar-refractivity contribution in [3.8, 4) is 0 Å². The number of hydrogen-bond donors (Lipinski definition) is 2. The van der Waals surface area contributed by atoms with Crippen LogP contribution in [0.4, 0.5) is 4.39 Å². The number of rotatable bonds is 5. The first-order chi connectivity index (χ1) is 9.44. The summed E-state index contributed by atoms with van der Waals surface area (Å²) >= 11 is 1.46. The lowest BCUT2D eigenvalue weighted by Crippen LogP contribution is -2.24. The summed E-state index contributed by atoms with van der Waals surface area (Å²) in [6, 6.07) is 5.80. The first kappa shape index (κ1) is 15.1. The van der Waals surface area contributed by atoms with Crippen LogP contribution in [-0.2, 0) is 23.1 Å². The first-order valence-electron chi connectivity index (χ1n) is 5.95. The maximum Gasteiger partial charge on any atom is 0.243 e. The van der Waals surface area contributed by atoms with Gasteiger partial charge in [-0.15, -0.1) is 11.3 Å². The van der Waals surface area contributed by atoms with Crippen molar-refractivity contribution in [1.29, 1.82) is 0 Å². The quantitative estimate of drug-likeness (QED) is 0.888. The van der Waals surface area contributed by atoms with Crippen LogP contribution >= 0.6 is 11.3 Å². The van der Waals surface area contributed by atoms with Crippen LogP contribution in [0.15, 0.2) is 34.5 Å². The van der Waals surface area contributed by atoms with Crippen LogP contribution < -0.4 is 10.5 Å². The number of halogens is 1. The molecule has 0 aliphatic carbocycles. The molecule has 0 amide bonds. The molecule has 0 unspecified atom stereocenters. The standard InChI is InChI=1S/C13H15FN2O2S2/c1-9-4-5-19-12(9)8-16-20(17,18)13-3-2-10(7-15)6-11(13)14/h2-6,16H,7-8,15H2,1H3. The van der Waals surface area contributed by atoms with Gasteiger partial charge in [0.1, 0.15) is 10.7 Å². The zero-order valence-electron chi connectivity index (χ0n) is 10.9. The summed E-state index contributed by atoms with van der Waals surface area (Å²) in [6.45, 7) is 2.22. The largest absolute Gasteiger partial charge is 0.326 e. The van der Waals surface area contributed by atoms with Gasteiger partial charge in [-0.2, -0.15) is 0 Å². The van der Waals surface area contributed by atoms with Gasteiger partial charge in [0.25, 0.3) is 0 Å². The van der Waals surface area contributed by atoms with E-state index in [2.05, 4.69) is 4.72 Å². The van der Waals surface area contributed by atoms with E-state index in [0.717, 1.165) is 16.5 Å². The lowest BCUT2D eigenvalue weighted by atomic mass is 10.2. The van der Waals surface area contributed by atoms with Crippen molar-refractivity contribution in [3.63, 3.8) is 0 Å². The molecule has 0 aliphatic rings. The van der Waals surface area contributed by atoms with Crippen molar-refractivity contribution in [3.05, 3.63) is 51.5 Å². The lowest BCUT2D eigenvalue weighted by Gasteiger charge is -2.08. The minimum absolute atomic E-state index is 0.157. The highest BCUT2D eigenvalue weighted by atomic mass is 32.2. The van der Waals surface area contributed by atoms with Crippen LogP contribution in [0.5, 0.6) is 0 Å². The molecule has 2 rings (SSSR count). The predicted octanol–water partition coefficient (Wildman–Crippen LogP) is 2.13. The minimum Gasteiger partial charge on any atom is -0.326 e. The predicted molar refractivity (Wildman–Crippen MR) is 77.4 cm³/mol. The summed E-state index contributed by atoms with van der Waals surface area (Å²) < 4.78 is 40.4. The van der Waals surface area contributed by atoms with E-state index in [1.807, 2.05) is 18.4 Å². The highest BCUT2D eigenvalue weighted by Crippen LogP contribution is 2.19. The maximum absolute atomic E-state index is 13.8. The molecule has 0 bridgehead atoms. The summed E-state index contributed by atoms with van der Waals surface area (Å²) in [5, 5.41) is 1.88. The van der Waals surface area contributed by atoms with Gasteiger partial charge in [-0.25, -0.2) is 17.5 Å². The van der Waals surface area contributed by atoms with Gasteiger partial charge in [0.05, 0.1) is 0 Å². The Kier molecular flexibility index (Phi) is 4.54. The van der Waals surface area contributed by atoms with Crippen LogP contribution in [0.1, 0.15) is 16.0 Å². The van der Waals surface area contributed by atoms with Gasteiger partial charge in [-0.3, -0.25) is 0 Å². The molecule has 7 heteroatoms. The molecule has 2 aromatic rings. The van der Waals surface area contributed by atoms with E-state index in [1.54, 1.807) is 0 Å². The molecule has 0 saturated heterocycles. The van der Waals surface area contributed by atoms with E-state index in [1.165, 1.54) is 23.5 Å². The van der Waals surface area contributed by atoms with Gasteiger partial charge < -0.3 is 5.73 Å². The van der Waals surface area contributed by atoms with Gasteiger partial charge >= 0.3 is 0 Å². The minimum atomic E-state index is -3.87. The zero-order chi connectivity index (χ0) is 14.8. The smallest absolute Gasteiger partial charge is 0.243 e. The van der Waals surface area contributed by atoms with E-state index in [0.29, 0.717) is 5.56 Å². The number of aryl methyl sites for hydroxylation is 1. The molecule has 0 aliphatic heterocycles. The Labute approximate surface area is 121 Å². The summed E-state index contributed by atoms with van der Waals surface area (Å²) in [7, 11) is -3.87. The van der Waals surface area contributed by atoms with E-state index in [4.69, 9.17) is 5.73 Å². The van der Waals surface area contributed by atoms with E-state index in [9.17, 15) is 12.8 Å². The summed E-state index contributed by atoms with van der Waals surface area (Å²) in [6.07, 6.45) is 0. The molecule has 108 valence electrons. The molecular formula is C13H15FN2O2S2. The number of sulfonamides is 1. The Balaban J connectivity index is 2.20. The molecule has 0 radical (unpaired) electrons. The molecule has 4 nitrogen and oxygen atoms in total. The van der Waals surface area contributed by atoms with Crippen molar-refractivity contribution in [2.75, 3.05) is 0 Å². The Morgan fingerprint density at radius 3 is 2.65 bits per heavy atom. The Morgan fingerprint density at radius 2 is 2.10 bits per heavy atom. The van der Waals surface area contributed by atoms with E-state index >= 15 is 0 Å². The Bertz CT molecular complexity index is 711. The number of thiophene rings is 1. The molecule has 0 fully saturated rings. The van der Waals surface area contributed by atoms with Crippen molar-refractivity contribution < 1.29 is 12.8 Å². The van der Waals surface area contributed by atoms with E-state index < -0.39 is 15.8 Å². The second-order valence-electron chi connectivity index (χ2n) is 4.32. The topological polar surface area (TPSA) is 72.2 Å². The van der Waals surface area contributed by atoms with Gasteiger partial charge in [-0.05, 0) is 41.6 Å². The van der Waals surface area contributed by atoms with Crippen molar-refractivity contribution in [2.45, 2.75) is 24.9 Å². The highest BCUT2D eigenvalue weighted by Gasteiger charge is 2.19. The molecule has 3 N–H and O–H groups in total. The van der Waals surface area contributed by atoms with Gasteiger partial charge in [-0.1, -0.05) is 6.07 Å². The average molecular weight is 314 g/mol. The molecule has 1 aromatic carbocycles. The third kappa shape index (κ3) is 3.24. The maximum atomic E-state index is 13.8. The van der Waals surface area contributed by atoms with Crippen molar-refractivity contribution >= 4 is 21.4 Å². The Morgan fingerprint density at radius 1 is 1.35 bits per heavy atom. The number of nitrogens with one attached hydrogen (secondary N) is 1. The summed E-state index contributed by atoms with van der Waals surface area (Å²) in [5.41, 5.74) is 6.95. The van der Waals surface area contributed by atoms with Crippen molar-refractivity contribution in [1.82, 2.24) is 4.72 Å². The van der Waals surface area contributed by atoms with Crippen molar-refractivity contribution in [2.24, 2.45) is 5.73 Å². The van der Waals surface area contributed by atoms with Crippen LogP contribution in [0.2, 0.25) is 0 Å². The molecular weight excluding hydrogens is 299 g/mol. The van der Waals surface area contributed by atoms with Gasteiger partial charge in [0.15, 0.2) is 0 Å². The van der Waals surface area contributed by atoms with Crippen LogP contribution in [0, 0.1) is 12.7 Å². The lowest BCUT2D eigenvalue weighted by molar-refractivity contribution is 0.556. The van der Waals surface area contributed by atoms with Gasteiger partial charge in [0.2, 0.25) is 10.0 Å². The molecule has 0 saturated carbocycles. The fraction of sp³-hybridized carbons (Fsp3) is 0.231. The molecule has 1 aromatic heterocycles. The zero-order valence-corrected chi connectivity index (χ0v) is 12.5. The third-order valence-electron chi connectivity index (χ3n) is 2.91. The monoisotopic (exact) mass is 314 g/mol. The Hall–Kier alpha value is -1.28. The number of nitrogens with two attached hydrogens (primary N) is 1. The summed E-state index contributed by atoms with van der Waals surface area (Å²) in [5.74, 6) is -0.789. The van der Waals surface area contributed by atoms with Crippen LogP contribution in [0.25, 0.3) is 0 Å². The van der Waals surface area contributed by atoms with Crippen LogP contribution in [-0.4, -0.2) is 8.42 Å². The third-order valence-corrected chi connectivity index (χ3v) is 5.37.